The van der Waals surface area contributed by atoms with Crippen LogP contribution in [0.25, 0.3) is 28.2 Å². The van der Waals surface area contributed by atoms with Crippen molar-refractivity contribution in [1.82, 2.24) is 19.9 Å². The molecule has 2 N–H and O–H groups in total. The summed E-state index contributed by atoms with van der Waals surface area (Å²) in [5, 5.41) is 10.4. The number of carbonyl (C=O) groups is 2. The minimum atomic E-state index is -0.485. The van der Waals surface area contributed by atoms with Crippen LogP contribution in [0, 0.1) is 12.3 Å². The zero-order chi connectivity index (χ0) is 23.8. The van der Waals surface area contributed by atoms with Gasteiger partial charge in [-0.05, 0) is 42.8 Å². The number of anilines is 1. The number of nitrogens with one attached hydrogen (secondary N) is 2. The molecular weight excluding hydrogens is 414 g/mol. The first-order valence-electron chi connectivity index (χ1n) is 10.8. The first-order chi connectivity index (χ1) is 15.7. The molecule has 2 heterocycles. The van der Waals surface area contributed by atoms with Gasteiger partial charge in [-0.15, -0.1) is 0 Å². The van der Waals surface area contributed by atoms with E-state index in [1.165, 1.54) is 0 Å². The lowest BCUT2D eigenvalue weighted by atomic mass is 9.95. The van der Waals surface area contributed by atoms with Gasteiger partial charge in [0, 0.05) is 34.8 Å². The van der Waals surface area contributed by atoms with E-state index in [1.807, 2.05) is 82.4 Å². The molecule has 2 amide bonds. The molecule has 0 aliphatic carbocycles. The van der Waals surface area contributed by atoms with E-state index in [0.717, 1.165) is 33.8 Å². The molecule has 7 heteroatoms. The molecular formula is C26H27N5O2. The molecule has 0 atom stereocenters. The molecule has 0 aliphatic heterocycles. The van der Waals surface area contributed by atoms with Crippen LogP contribution in [0.3, 0.4) is 0 Å². The summed E-state index contributed by atoms with van der Waals surface area (Å²) in [6, 6.07) is 17.0. The normalized spacial score (nSPS) is 11.4. The second-order valence-electron chi connectivity index (χ2n) is 9.04. The van der Waals surface area contributed by atoms with Crippen molar-refractivity contribution in [2.75, 3.05) is 12.4 Å². The van der Waals surface area contributed by atoms with Crippen molar-refractivity contribution in [3.05, 3.63) is 71.9 Å². The number of imidazole rings is 1. The highest BCUT2D eigenvalue weighted by Gasteiger charge is 2.22. The van der Waals surface area contributed by atoms with Gasteiger partial charge in [0.25, 0.3) is 5.91 Å². The first kappa shape index (κ1) is 22.2. The molecule has 0 spiro atoms. The smallest absolute Gasteiger partial charge is 0.251 e. The minimum Gasteiger partial charge on any atom is -0.355 e. The van der Waals surface area contributed by atoms with Crippen LogP contribution in [0.1, 0.15) is 36.7 Å². The second-order valence-corrected chi connectivity index (χ2v) is 9.04. The fourth-order valence-corrected chi connectivity index (χ4v) is 3.37. The van der Waals surface area contributed by atoms with Gasteiger partial charge >= 0.3 is 0 Å². The third kappa shape index (κ3) is 4.62. The monoisotopic (exact) mass is 441 g/mol. The number of hydrogen-bond acceptors (Lipinski definition) is 4. The predicted octanol–water partition coefficient (Wildman–Crippen LogP) is 4.72. The zero-order valence-electron chi connectivity index (χ0n) is 19.4. The Hall–Kier alpha value is -4.00. The van der Waals surface area contributed by atoms with E-state index in [1.54, 1.807) is 17.6 Å². The molecule has 0 radical (unpaired) electrons. The maximum Gasteiger partial charge on any atom is 0.251 e. The average molecular weight is 442 g/mol. The third-order valence-corrected chi connectivity index (χ3v) is 5.43. The Morgan fingerprint density at radius 2 is 1.70 bits per heavy atom. The number of rotatable bonds is 4. The maximum atomic E-state index is 12.5. The van der Waals surface area contributed by atoms with E-state index in [9.17, 15) is 9.59 Å². The van der Waals surface area contributed by atoms with Crippen LogP contribution in [-0.4, -0.2) is 33.5 Å². The van der Waals surface area contributed by atoms with Gasteiger partial charge in [0.05, 0.1) is 17.6 Å². The zero-order valence-corrected chi connectivity index (χ0v) is 19.4. The van der Waals surface area contributed by atoms with E-state index < -0.39 is 5.41 Å². The van der Waals surface area contributed by atoms with Crippen LogP contribution in [0.15, 0.2) is 60.8 Å². The van der Waals surface area contributed by atoms with E-state index in [4.69, 9.17) is 10.1 Å². The van der Waals surface area contributed by atoms with Gasteiger partial charge in [-0.25, -0.2) is 9.50 Å². The van der Waals surface area contributed by atoms with E-state index in [0.29, 0.717) is 11.2 Å². The van der Waals surface area contributed by atoms with E-state index >= 15 is 0 Å². The highest BCUT2D eigenvalue weighted by Crippen LogP contribution is 2.27. The number of benzene rings is 2. The molecule has 0 fully saturated rings. The molecule has 0 saturated carbocycles. The quantitative estimate of drug-likeness (QED) is 0.480. The van der Waals surface area contributed by atoms with Crippen molar-refractivity contribution in [2.24, 2.45) is 5.41 Å². The summed E-state index contributed by atoms with van der Waals surface area (Å²) in [7, 11) is 1.61. The standard InChI is InChI=1S/C26H27N5O2/c1-16-9-10-18(14-21(16)29-25(33)26(2,3)4)22-15-31-23(28-22)12-11-20(30-31)17-7-6-8-19(13-17)24(32)27-5/h6-15H,1-5H3,(H,27,32)(H,29,33). The fourth-order valence-electron chi connectivity index (χ4n) is 3.37. The fraction of sp³-hybridized carbons (Fsp3) is 0.231. The maximum absolute atomic E-state index is 12.5. The second kappa shape index (κ2) is 8.50. The molecule has 0 bridgehead atoms. The molecule has 0 unspecified atom stereocenters. The highest BCUT2D eigenvalue weighted by atomic mass is 16.2. The molecule has 168 valence electrons. The first-order valence-corrected chi connectivity index (χ1v) is 10.8. The number of aryl methyl sites for hydroxylation is 1. The van der Waals surface area contributed by atoms with Crippen LogP contribution in [0.2, 0.25) is 0 Å². The van der Waals surface area contributed by atoms with E-state index in [2.05, 4.69) is 10.6 Å². The average Bonchev–Trinajstić information content (AvgIpc) is 3.22. The Balaban J connectivity index is 1.68. The number of nitrogens with zero attached hydrogens (tertiary/aromatic N) is 3. The van der Waals surface area contributed by atoms with Gasteiger partial charge in [0.1, 0.15) is 0 Å². The summed E-state index contributed by atoms with van der Waals surface area (Å²) in [4.78, 5) is 29.1. The Bertz CT molecular complexity index is 1360. The molecule has 4 rings (SSSR count). The van der Waals surface area contributed by atoms with Crippen molar-refractivity contribution in [1.29, 1.82) is 0 Å². The van der Waals surface area contributed by atoms with Crippen molar-refractivity contribution in [2.45, 2.75) is 27.7 Å². The van der Waals surface area contributed by atoms with Crippen LogP contribution in [0.5, 0.6) is 0 Å². The van der Waals surface area contributed by atoms with Crippen LogP contribution in [-0.2, 0) is 4.79 Å². The molecule has 0 saturated heterocycles. The van der Waals surface area contributed by atoms with E-state index in [-0.39, 0.29) is 11.8 Å². The number of fused-ring (bicyclic) bond motifs is 1. The number of aromatic nitrogens is 3. The summed E-state index contributed by atoms with van der Waals surface area (Å²) in [5.74, 6) is -0.181. The lowest BCUT2D eigenvalue weighted by molar-refractivity contribution is -0.123. The van der Waals surface area contributed by atoms with Gasteiger partial charge in [-0.2, -0.15) is 5.10 Å². The SMILES string of the molecule is CNC(=O)c1cccc(-c2ccc3nc(-c4ccc(C)c(NC(=O)C(C)(C)C)c4)cn3n2)c1. The Morgan fingerprint density at radius 1 is 0.939 bits per heavy atom. The summed E-state index contributed by atoms with van der Waals surface area (Å²) in [5.41, 5.74) is 5.77. The van der Waals surface area contributed by atoms with Gasteiger partial charge in [-0.1, -0.05) is 45.0 Å². The highest BCUT2D eigenvalue weighted by molar-refractivity contribution is 5.96. The Labute approximate surface area is 192 Å². The number of amides is 2. The lowest BCUT2D eigenvalue weighted by Gasteiger charge is -2.19. The Morgan fingerprint density at radius 3 is 2.42 bits per heavy atom. The Kier molecular flexibility index (Phi) is 5.72. The van der Waals surface area contributed by atoms with Crippen LogP contribution < -0.4 is 10.6 Å². The number of hydrogen-bond donors (Lipinski definition) is 2. The van der Waals surface area contributed by atoms with Gasteiger partial charge in [-0.3, -0.25) is 9.59 Å². The lowest BCUT2D eigenvalue weighted by Crippen LogP contribution is -2.27. The van der Waals surface area contributed by atoms with Crippen LogP contribution in [0.4, 0.5) is 5.69 Å². The molecule has 33 heavy (non-hydrogen) atoms. The topological polar surface area (TPSA) is 88.4 Å². The van der Waals surface area contributed by atoms with Crippen LogP contribution >= 0.6 is 0 Å². The summed E-state index contributed by atoms with van der Waals surface area (Å²) < 4.78 is 1.73. The van der Waals surface area contributed by atoms with Gasteiger partial charge in [0.15, 0.2) is 5.65 Å². The van der Waals surface area contributed by atoms with Gasteiger partial charge in [0.2, 0.25) is 5.91 Å². The van der Waals surface area contributed by atoms with Crippen molar-refractivity contribution >= 4 is 23.1 Å². The van der Waals surface area contributed by atoms with Crippen molar-refractivity contribution in [3.8, 4) is 22.5 Å². The molecule has 0 aliphatic rings. The molecule has 2 aromatic carbocycles. The van der Waals surface area contributed by atoms with Gasteiger partial charge < -0.3 is 10.6 Å². The third-order valence-electron chi connectivity index (χ3n) is 5.43. The summed E-state index contributed by atoms with van der Waals surface area (Å²) in [6.45, 7) is 7.62. The molecule has 4 aromatic rings. The largest absolute Gasteiger partial charge is 0.355 e. The predicted molar refractivity (Wildman–Crippen MR) is 130 cm³/mol. The van der Waals surface area contributed by atoms with Crippen molar-refractivity contribution < 1.29 is 9.59 Å². The molecule has 7 nitrogen and oxygen atoms in total. The van der Waals surface area contributed by atoms with Crippen molar-refractivity contribution in [3.63, 3.8) is 0 Å². The minimum absolute atomic E-state index is 0.0388. The summed E-state index contributed by atoms with van der Waals surface area (Å²) in [6.07, 6.45) is 1.86. The summed E-state index contributed by atoms with van der Waals surface area (Å²) >= 11 is 0. The number of carbonyl (C=O) groups excluding carboxylic acids is 2. The molecule has 2 aromatic heterocycles.